The second-order valence-electron chi connectivity index (χ2n) is 18.2. The molecule has 7 heteroatoms. The van der Waals surface area contributed by atoms with E-state index in [1.54, 1.807) is 0 Å². The smallest absolute Gasteiger partial charge is 0.0414 e. The van der Waals surface area contributed by atoms with Gasteiger partial charge >= 0.3 is 0 Å². The van der Waals surface area contributed by atoms with Crippen molar-refractivity contribution in [2.24, 2.45) is 0 Å². The number of unbranched alkanes of at least 4 members (excludes halogenated alkanes) is 42. The molecule has 0 heterocycles. The summed E-state index contributed by atoms with van der Waals surface area (Å²) in [6.45, 7) is 6.80. The summed E-state index contributed by atoms with van der Waals surface area (Å²) < 4.78 is 0. The Hall–Kier alpha value is -0.668. The van der Waals surface area contributed by atoms with Gasteiger partial charge in [-0.1, -0.05) is 290 Å². The van der Waals surface area contributed by atoms with Crippen molar-refractivity contribution in [2.75, 3.05) is 0 Å². The molecule has 0 aliphatic rings. The molecule has 0 spiro atoms. The Morgan fingerprint density at radius 2 is 0.311 bits per heavy atom. The van der Waals surface area contributed by atoms with Crippen LogP contribution in [0.2, 0.25) is 0 Å². The molecule has 0 atom stereocenters. The molecule has 0 rings (SSSR count). The van der Waals surface area contributed by atoms with E-state index in [9.17, 15) is 29.7 Å². The van der Waals surface area contributed by atoms with Gasteiger partial charge in [0.25, 0.3) is 0 Å². The first-order chi connectivity index (χ1) is 29.3. The molecular formula is C54H105O6Pb-3. The van der Waals surface area contributed by atoms with Gasteiger partial charge in [-0.3, -0.25) is 0 Å². The molecule has 0 saturated carbocycles. The molecule has 6 nitrogen and oxygen atoms in total. The van der Waals surface area contributed by atoms with Crippen LogP contribution in [0.15, 0.2) is 0 Å². The van der Waals surface area contributed by atoms with E-state index in [2.05, 4.69) is 20.8 Å². The zero-order valence-electron chi connectivity index (χ0n) is 41.4. The summed E-state index contributed by atoms with van der Waals surface area (Å²) in [7, 11) is 0. The zero-order valence-corrected chi connectivity index (χ0v) is 45.3. The molecule has 0 aliphatic carbocycles. The summed E-state index contributed by atoms with van der Waals surface area (Å²) in [5.41, 5.74) is 0. The first-order valence-electron chi connectivity index (χ1n) is 26.9. The maximum absolute atomic E-state index is 10.2. The van der Waals surface area contributed by atoms with Crippen LogP contribution in [0.3, 0.4) is 0 Å². The molecule has 61 heavy (non-hydrogen) atoms. The van der Waals surface area contributed by atoms with Gasteiger partial charge in [0.2, 0.25) is 0 Å². The summed E-state index contributed by atoms with van der Waals surface area (Å²) in [5, 5.41) is 30.7. The Labute approximate surface area is 401 Å². The van der Waals surface area contributed by atoms with Gasteiger partial charge < -0.3 is 29.7 Å². The molecule has 0 aromatic carbocycles. The van der Waals surface area contributed by atoms with Crippen molar-refractivity contribution in [1.82, 2.24) is 0 Å². The minimum atomic E-state index is -0.903. The largest absolute Gasteiger partial charge is 0.550 e. The van der Waals surface area contributed by atoms with E-state index >= 15 is 0 Å². The molecule has 0 N–H and O–H groups in total. The maximum Gasteiger partial charge on any atom is 0.0414 e. The second-order valence-corrected chi connectivity index (χ2v) is 18.2. The molecule has 0 aliphatic heterocycles. The number of aliphatic carboxylic acids is 3. The van der Waals surface area contributed by atoms with Gasteiger partial charge in [-0.25, -0.2) is 0 Å². The van der Waals surface area contributed by atoms with Crippen molar-refractivity contribution in [3.8, 4) is 0 Å². The fourth-order valence-electron chi connectivity index (χ4n) is 7.92. The molecular weight excluding hydrogens is 952 g/mol. The van der Waals surface area contributed by atoms with E-state index in [1.165, 1.54) is 250 Å². The summed E-state index contributed by atoms with van der Waals surface area (Å²) in [6, 6.07) is 0. The quantitative estimate of drug-likeness (QED) is 0.0442. The fourth-order valence-corrected chi connectivity index (χ4v) is 7.92. The van der Waals surface area contributed by atoms with Crippen molar-refractivity contribution in [1.29, 1.82) is 0 Å². The topological polar surface area (TPSA) is 120 Å². The maximum atomic E-state index is 10.2. The van der Waals surface area contributed by atoms with Gasteiger partial charge in [0.15, 0.2) is 0 Å². The number of hydrogen-bond donors (Lipinski definition) is 0. The Bertz CT molecular complexity index is 717. The van der Waals surface area contributed by atoms with Crippen LogP contribution < -0.4 is 15.3 Å². The van der Waals surface area contributed by atoms with Gasteiger partial charge in [0.1, 0.15) is 0 Å². The molecule has 0 amide bonds. The Balaban J connectivity index is -0.000000396. The summed E-state index contributed by atoms with van der Waals surface area (Å²) >= 11 is 0. The average Bonchev–Trinajstić information content (AvgIpc) is 3.22. The number of carboxylic acids is 3. The molecule has 0 unspecified atom stereocenters. The van der Waals surface area contributed by atoms with Crippen molar-refractivity contribution in [3.63, 3.8) is 0 Å². The Morgan fingerprint density at radius 1 is 0.213 bits per heavy atom. The van der Waals surface area contributed by atoms with Gasteiger partial charge in [-0.05, 0) is 38.5 Å². The third kappa shape index (κ3) is 77.0. The standard InChI is InChI=1S/3C18H36O2.Pb/c3*1-2-3-4-5-6-7-8-9-10-11-12-13-14-15-16-17-18(19)20;/h3*2-17H2,1H3,(H,19,20);/p-3. The van der Waals surface area contributed by atoms with Crippen LogP contribution in [0.1, 0.15) is 329 Å². The monoisotopic (exact) mass is 1060 g/mol. The predicted molar refractivity (Wildman–Crippen MR) is 259 cm³/mol. The van der Waals surface area contributed by atoms with Crippen LogP contribution >= 0.6 is 0 Å². The third-order valence-corrected chi connectivity index (χ3v) is 12.0. The van der Waals surface area contributed by atoms with Crippen molar-refractivity contribution < 1.29 is 29.7 Å². The van der Waals surface area contributed by atoms with E-state index in [1.807, 2.05) is 0 Å². The van der Waals surface area contributed by atoms with Crippen molar-refractivity contribution in [2.45, 2.75) is 329 Å². The number of carboxylic acid groups (broad SMARTS) is 3. The molecule has 0 bridgehead atoms. The molecule has 364 valence electrons. The zero-order chi connectivity index (χ0) is 44.7. The van der Waals surface area contributed by atoms with Crippen LogP contribution in [-0.4, -0.2) is 45.2 Å². The molecule has 0 saturated heterocycles. The van der Waals surface area contributed by atoms with Crippen molar-refractivity contribution in [3.05, 3.63) is 0 Å². The first kappa shape index (κ1) is 66.9. The van der Waals surface area contributed by atoms with E-state index in [0.717, 1.165) is 38.5 Å². The SMILES string of the molecule is CCCCCCCCCCCCCCCCCC(=O)[O-].CCCCCCCCCCCCCCCCCC(=O)[O-].CCCCCCCCCCCCCCCCCC(=O)[O-].[Pb]. The average molecular weight is 1060 g/mol. The molecule has 0 aromatic rings. The number of carbonyl (C=O) groups is 3. The number of carbonyl (C=O) groups excluding carboxylic acids is 3. The predicted octanol–water partition coefficient (Wildman–Crippen LogP) is 14.6. The molecule has 4 radical (unpaired) electrons. The van der Waals surface area contributed by atoms with E-state index in [4.69, 9.17) is 0 Å². The third-order valence-electron chi connectivity index (χ3n) is 12.0. The van der Waals surface area contributed by atoms with Crippen LogP contribution in [0.4, 0.5) is 0 Å². The van der Waals surface area contributed by atoms with Gasteiger partial charge in [-0.15, -0.1) is 0 Å². The molecule has 0 fully saturated rings. The van der Waals surface area contributed by atoms with E-state index < -0.39 is 17.9 Å². The number of hydrogen-bond acceptors (Lipinski definition) is 6. The van der Waals surface area contributed by atoms with Crippen LogP contribution in [-0.2, 0) is 14.4 Å². The Kier molecular flexibility index (Phi) is 69.8. The van der Waals surface area contributed by atoms with Crippen LogP contribution in [0.25, 0.3) is 0 Å². The van der Waals surface area contributed by atoms with Crippen molar-refractivity contribution >= 4 is 45.2 Å². The van der Waals surface area contributed by atoms with E-state index in [-0.39, 0.29) is 46.6 Å². The van der Waals surface area contributed by atoms with Crippen LogP contribution in [0.5, 0.6) is 0 Å². The summed E-state index contributed by atoms with van der Waals surface area (Å²) in [6.07, 6.45) is 59.6. The van der Waals surface area contributed by atoms with Crippen LogP contribution in [0, 0.1) is 0 Å². The Morgan fingerprint density at radius 3 is 0.410 bits per heavy atom. The second kappa shape index (κ2) is 63.6. The van der Waals surface area contributed by atoms with Gasteiger partial charge in [0.05, 0.1) is 0 Å². The minimum Gasteiger partial charge on any atom is -0.550 e. The summed E-state index contributed by atoms with van der Waals surface area (Å²) in [5.74, 6) is -2.71. The number of rotatable bonds is 48. The minimum absolute atomic E-state index is 0. The normalized spacial score (nSPS) is 10.7. The molecule has 0 aromatic heterocycles. The first-order valence-corrected chi connectivity index (χ1v) is 26.9. The van der Waals surface area contributed by atoms with Gasteiger partial charge in [-0.2, -0.15) is 0 Å². The van der Waals surface area contributed by atoms with E-state index in [0.29, 0.717) is 0 Å². The van der Waals surface area contributed by atoms with Gasteiger partial charge in [0, 0.05) is 45.2 Å². The fraction of sp³-hybridized carbons (Fsp3) is 0.944. The summed E-state index contributed by atoms with van der Waals surface area (Å²) in [4.78, 5) is 30.7.